The van der Waals surface area contributed by atoms with E-state index in [1.54, 1.807) is 36.3 Å². The SMILES string of the molecule is CCOc1ccc(N2C(=O)c3cc(S(=O)(=O)Nc4ccc(C)cc4)ccc3N(Cc3ccccc3)[C@@H]2c2cccc(OC)c2)cc1. The first-order chi connectivity index (χ1) is 22.3. The van der Waals surface area contributed by atoms with Gasteiger partial charge in [0, 0.05) is 17.9 Å². The fourth-order valence-corrected chi connectivity index (χ4v) is 6.75. The van der Waals surface area contributed by atoms with Crippen molar-refractivity contribution in [1.82, 2.24) is 0 Å². The van der Waals surface area contributed by atoms with E-state index in [0.717, 1.165) is 16.7 Å². The maximum Gasteiger partial charge on any atom is 0.262 e. The molecule has 6 rings (SSSR count). The lowest BCUT2D eigenvalue weighted by atomic mass is 9.99. The number of methoxy groups -OCH3 is 1. The Kier molecular flexibility index (Phi) is 8.68. The Bertz CT molecular complexity index is 1950. The summed E-state index contributed by atoms with van der Waals surface area (Å²) in [5.74, 6) is 1.01. The lowest BCUT2D eigenvalue weighted by molar-refractivity contribution is 0.0968. The van der Waals surface area contributed by atoms with E-state index < -0.39 is 16.2 Å². The molecule has 0 aromatic heterocycles. The molecule has 0 saturated heterocycles. The summed E-state index contributed by atoms with van der Waals surface area (Å²) < 4.78 is 41.1. The maximum atomic E-state index is 14.7. The number of ether oxygens (including phenoxy) is 2. The second-order valence-corrected chi connectivity index (χ2v) is 12.7. The predicted octanol–water partition coefficient (Wildman–Crippen LogP) is 7.57. The Balaban J connectivity index is 1.52. The third-order valence-corrected chi connectivity index (χ3v) is 9.27. The number of nitrogens with zero attached hydrogens (tertiary/aromatic N) is 2. The van der Waals surface area contributed by atoms with Crippen LogP contribution in [0.1, 0.15) is 40.1 Å². The molecule has 1 heterocycles. The Labute approximate surface area is 269 Å². The van der Waals surface area contributed by atoms with Crippen LogP contribution in [0.15, 0.2) is 126 Å². The quantitative estimate of drug-likeness (QED) is 0.171. The molecule has 0 fully saturated rings. The molecule has 1 amide bonds. The molecule has 0 saturated carbocycles. The normalized spacial score (nSPS) is 14.5. The first-order valence-electron chi connectivity index (χ1n) is 15.0. The molecule has 1 atom stereocenters. The molecule has 1 N–H and O–H groups in total. The highest BCUT2D eigenvalue weighted by atomic mass is 32.2. The van der Waals surface area contributed by atoms with Gasteiger partial charge in [-0.25, -0.2) is 8.42 Å². The van der Waals surface area contributed by atoms with Gasteiger partial charge in [-0.15, -0.1) is 0 Å². The first-order valence-corrected chi connectivity index (χ1v) is 16.5. The smallest absolute Gasteiger partial charge is 0.262 e. The van der Waals surface area contributed by atoms with Crippen LogP contribution in [0.25, 0.3) is 0 Å². The van der Waals surface area contributed by atoms with E-state index in [-0.39, 0.29) is 16.4 Å². The van der Waals surface area contributed by atoms with Gasteiger partial charge in [-0.05, 0) is 91.7 Å². The van der Waals surface area contributed by atoms with Gasteiger partial charge in [0.15, 0.2) is 0 Å². The fraction of sp³-hybridized carbons (Fsp3) is 0.162. The number of aryl methyl sites for hydroxylation is 1. The Morgan fingerprint density at radius 2 is 1.54 bits per heavy atom. The molecule has 1 aliphatic heterocycles. The van der Waals surface area contributed by atoms with Crippen LogP contribution in [0.5, 0.6) is 11.5 Å². The molecule has 1 aliphatic rings. The highest BCUT2D eigenvalue weighted by Gasteiger charge is 2.40. The van der Waals surface area contributed by atoms with Crippen molar-refractivity contribution in [1.29, 1.82) is 0 Å². The molecule has 0 aliphatic carbocycles. The molecule has 0 unspecified atom stereocenters. The van der Waals surface area contributed by atoms with Crippen LogP contribution < -0.4 is 24.0 Å². The van der Waals surface area contributed by atoms with E-state index in [1.165, 1.54) is 6.07 Å². The van der Waals surface area contributed by atoms with Crippen LogP contribution >= 0.6 is 0 Å². The Morgan fingerprint density at radius 1 is 0.804 bits per heavy atom. The summed E-state index contributed by atoms with van der Waals surface area (Å²) in [4.78, 5) is 18.5. The Hall–Kier alpha value is -5.28. The van der Waals surface area contributed by atoms with Crippen molar-refractivity contribution in [2.24, 2.45) is 0 Å². The lowest BCUT2D eigenvalue weighted by Gasteiger charge is -2.46. The molecule has 0 spiro atoms. The average Bonchev–Trinajstić information content (AvgIpc) is 3.07. The van der Waals surface area contributed by atoms with Gasteiger partial charge in [0.25, 0.3) is 15.9 Å². The zero-order valence-corrected chi connectivity index (χ0v) is 26.7. The number of hydrogen-bond donors (Lipinski definition) is 1. The van der Waals surface area contributed by atoms with Gasteiger partial charge in [-0.2, -0.15) is 0 Å². The van der Waals surface area contributed by atoms with E-state index >= 15 is 0 Å². The molecule has 9 heteroatoms. The largest absolute Gasteiger partial charge is 0.497 e. The molecule has 46 heavy (non-hydrogen) atoms. The molecular weight excluding hydrogens is 598 g/mol. The minimum Gasteiger partial charge on any atom is -0.497 e. The molecule has 0 bridgehead atoms. The summed E-state index contributed by atoms with van der Waals surface area (Å²) in [6.45, 7) is 4.81. The number of nitrogens with one attached hydrogen (secondary N) is 1. The molecule has 234 valence electrons. The molecule has 0 radical (unpaired) electrons. The summed E-state index contributed by atoms with van der Waals surface area (Å²) in [5, 5.41) is 0. The number of benzene rings is 5. The van der Waals surface area contributed by atoms with E-state index in [4.69, 9.17) is 9.47 Å². The molecule has 8 nitrogen and oxygen atoms in total. The van der Waals surface area contributed by atoms with Crippen LogP contribution in [-0.2, 0) is 16.6 Å². The van der Waals surface area contributed by atoms with E-state index in [9.17, 15) is 13.2 Å². The van der Waals surface area contributed by atoms with Gasteiger partial charge in [-0.1, -0.05) is 60.2 Å². The third kappa shape index (κ3) is 6.27. The number of sulfonamides is 1. The van der Waals surface area contributed by atoms with E-state index in [0.29, 0.717) is 41.7 Å². The lowest BCUT2D eigenvalue weighted by Crippen LogP contribution is -2.49. The highest BCUT2D eigenvalue weighted by Crippen LogP contribution is 2.44. The average molecular weight is 634 g/mol. The molecular formula is C37H35N3O5S. The minimum atomic E-state index is -4.00. The number of anilines is 3. The number of fused-ring (bicyclic) bond motifs is 1. The summed E-state index contributed by atoms with van der Waals surface area (Å²) >= 11 is 0. The van der Waals surface area contributed by atoms with Gasteiger partial charge < -0.3 is 14.4 Å². The van der Waals surface area contributed by atoms with Crippen molar-refractivity contribution in [3.8, 4) is 11.5 Å². The summed E-state index contributed by atoms with van der Waals surface area (Å²) in [7, 11) is -2.39. The fourth-order valence-electron chi connectivity index (χ4n) is 5.66. The number of hydrogen-bond acceptors (Lipinski definition) is 6. The van der Waals surface area contributed by atoms with Crippen molar-refractivity contribution in [2.45, 2.75) is 31.5 Å². The van der Waals surface area contributed by atoms with Gasteiger partial charge in [-0.3, -0.25) is 14.4 Å². The topological polar surface area (TPSA) is 88.2 Å². The molecule has 5 aromatic carbocycles. The van der Waals surface area contributed by atoms with Gasteiger partial charge in [0.1, 0.15) is 17.7 Å². The van der Waals surface area contributed by atoms with Crippen molar-refractivity contribution in [3.63, 3.8) is 0 Å². The van der Waals surface area contributed by atoms with Gasteiger partial charge in [0.2, 0.25) is 0 Å². The number of rotatable bonds is 10. The van der Waals surface area contributed by atoms with Crippen LogP contribution in [0.2, 0.25) is 0 Å². The summed E-state index contributed by atoms with van der Waals surface area (Å²) in [6, 6.07) is 36.8. The summed E-state index contributed by atoms with van der Waals surface area (Å²) in [5.41, 5.74) is 4.85. The predicted molar refractivity (Wildman–Crippen MR) is 181 cm³/mol. The first kappa shape index (κ1) is 30.7. The second kappa shape index (κ2) is 13.0. The van der Waals surface area contributed by atoms with Crippen molar-refractivity contribution in [3.05, 3.63) is 144 Å². The third-order valence-electron chi connectivity index (χ3n) is 7.89. The van der Waals surface area contributed by atoms with Crippen LogP contribution in [0.4, 0.5) is 17.1 Å². The Morgan fingerprint density at radius 3 is 2.24 bits per heavy atom. The highest BCUT2D eigenvalue weighted by molar-refractivity contribution is 7.92. The molecule has 5 aromatic rings. The van der Waals surface area contributed by atoms with Crippen LogP contribution in [0.3, 0.4) is 0 Å². The van der Waals surface area contributed by atoms with Crippen LogP contribution in [-0.4, -0.2) is 28.0 Å². The van der Waals surface area contributed by atoms with Crippen molar-refractivity contribution in [2.75, 3.05) is 28.2 Å². The van der Waals surface area contributed by atoms with Gasteiger partial charge in [0.05, 0.1) is 29.9 Å². The standard InChI is InChI=1S/C37H35N3O5S/c1-4-45-31-19-17-30(18-20-31)40-36(28-11-8-12-32(23-28)44-3)39(25-27-9-6-5-7-10-27)35-22-21-33(24-34(35)37(40)41)46(42,43)38-29-15-13-26(2)14-16-29/h5-24,36,38H,4,25H2,1-3H3/t36-/m0/s1. The monoisotopic (exact) mass is 633 g/mol. The zero-order chi connectivity index (χ0) is 32.3. The summed E-state index contributed by atoms with van der Waals surface area (Å²) in [6.07, 6.45) is -0.582. The zero-order valence-electron chi connectivity index (χ0n) is 25.9. The minimum absolute atomic E-state index is 0.00805. The number of amides is 1. The van der Waals surface area contributed by atoms with E-state index in [2.05, 4.69) is 9.62 Å². The number of carbonyl (C=O) groups is 1. The van der Waals surface area contributed by atoms with Crippen LogP contribution in [0, 0.1) is 6.92 Å². The maximum absolute atomic E-state index is 14.7. The van der Waals surface area contributed by atoms with Gasteiger partial charge >= 0.3 is 0 Å². The van der Waals surface area contributed by atoms with Crippen molar-refractivity contribution >= 4 is 33.0 Å². The number of carbonyl (C=O) groups excluding carboxylic acids is 1. The van der Waals surface area contributed by atoms with Crippen molar-refractivity contribution < 1.29 is 22.7 Å². The second-order valence-electron chi connectivity index (χ2n) is 11.0. The van der Waals surface area contributed by atoms with E-state index in [1.807, 2.05) is 105 Å².